The minimum absolute atomic E-state index is 0. The van der Waals surface area contributed by atoms with E-state index in [1.165, 1.54) is 38.6 Å². The molecular formula is C29H29BrN2O. The minimum Gasteiger partial charge on any atom is -1.00 e. The Morgan fingerprint density at radius 1 is 0.818 bits per heavy atom. The molecule has 0 fully saturated rings. The highest BCUT2D eigenvalue weighted by Crippen LogP contribution is 2.33. The number of fused-ring (bicyclic) bond motifs is 3. The number of nitrogens with zero attached hydrogens (tertiary/aromatic N) is 2. The van der Waals surface area contributed by atoms with Crippen LogP contribution in [-0.2, 0) is 19.7 Å². The number of halogens is 1. The van der Waals surface area contributed by atoms with Crippen LogP contribution in [0.15, 0.2) is 91.1 Å². The molecule has 0 aliphatic carbocycles. The Labute approximate surface area is 206 Å². The Morgan fingerprint density at radius 2 is 1.52 bits per heavy atom. The normalized spacial score (nSPS) is 11.0. The molecular weight excluding hydrogens is 472 g/mol. The summed E-state index contributed by atoms with van der Waals surface area (Å²) in [6.45, 7) is 6.90. The molecule has 0 bridgehead atoms. The van der Waals surface area contributed by atoms with Crippen LogP contribution in [0.2, 0.25) is 0 Å². The lowest BCUT2D eigenvalue weighted by Crippen LogP contribution is -3.00. The van der Waals surface area contributed by atoms with Gasteiger partial charge in [0.1, 0.15) is 24.4 Å². The van der Waals surface area contributed by atoms with E-state index in [9.17, 15) is 0 Å². The molecule has 2 aromatic heterocycles. The SMILES string of the molecule is CCC[n+]1ccc2c3ccc(OCc4ccccc4)cc3n(Cc3ccccc3)c2c1C.[Br-]. The number of ether oxygens (including phenoxy) is 1. The van der Waals surface area contributed by atoms with Crippen LogP contribution >= 0.6 is 0 Å². The van der Waals surface area contributed by atoms with Crippen LogP contribution in [0.5, 0.6) is 5.75 Å². The second kappa shape index (κ2) is 10.2. The molecule has 0 spiro atoms. The fourth-order valence-corrected chi connectivity index (χ4v) is 4.57. The van der Waals surface area contributed by atoms with E-state index >= 15 is 0 Å². The van der Waals surface area contributed by atoms with Gasteiger partial charge in [-0.3, -0.25) is 0 Å². The van der Waals surface area contributed by atoms with Crippen molar-refractivity contribution in [3.63, 3.8) is 0 Å². The van der Waals surface area contributed by atoms with Crippen LogP contribution in [0.1, 0.15) is 30.2 Å². The van der Waals surface area contributed by atoms with Crippen LogP contribution in [0, 0.1) is 6.92 Å². The standard InChI is InChI=1S/C29H29N2O.BrH/c1-3-17-30-18-16-27-26-15-14-25(32-21-24-12-8-5-9-13-24)19-28(26)31(29(27)22(30)2)20-23-10-6-4-7-11-23;/h4-16,18-19H,3,17,20-21H2,1-2H3;1H/q+1;/p-1. The number of aryl methyl sites for hydroxylation is 2. The first-order chi connectivity index (χ1) is 15.7. The van der Waals surface area contributed by atoms with E-state index in [2.05, 4.69) is 95.9 Å². The van der Waals surface area contributed by atoms with Crippen molar-refractivity contribution in [2.45, 2.75) is 40.0 Å². The maximum Gasteiger partial charge on any atom is 0.202 e. The molecule has 0 atom stereocenters. The Balaban J connectivity index is 0.00000259. The van der Waals surface area contributed by atoms with Crippen molar-refractivity contribution < 1.29 is 26.3 Å². The lowest BCUT2D eigenvalue weighted by molar-refractivity contribution is -0.701. The summed E-state index contributed by atoms with van der Waals surface area (Å²) in [5.74, 6) is 0.901. The maximum atomic E-state index is 6.18. The molecule has 5 rings (SSSR count). The van der Waals surface area contributed by atoms with Gasteiger partial charge in [0.25, 0.3) is 0 Å². The highest BCUT2D eigenvalue weighted by Gasteiger charge is 2.19. The van der Waals surface area contributed by atoms with Crippen LogP contribution in [0.4, 0.5) is 0 Å². The molecule has 2 heterocycles. The van der Waals surface area contributed by atoms with Crippen LogP contribution in [-0.4, -0.2) is 4.57 Å². The zero-order valence-electron chi connectivity index (χ0n) is 19.2. The van der Waals surface area contributed by atoms with Gasteiger partial charge in [-0.25, -0.2) is 4.57 Å². The van der Waals surface area contributed by atoms with Crippen molar-refractivity contribution in [3.05, 3.63) is 108 Å². The van der Waals surface area contributed by atoms with Crippen LogP contribution in [0.3, 0.4) is 0 Å². The summed E-state index contributed by atoms with van der Waals surface area (Å²) in [7, 11) is 0. The maximum absolute atomic E-state index is 6.18. The molecule has 5 aromatic rings. The fraction of sp³-hybridized carbons (Fsp3) is 0.207. The molecule has 0 unspecified atom stereocenters. The molecule has 0 saturated heterocycles. The summed E-state index contributed by atoms with van der Waals surface area (Å²) in [6.07, 6.45) is 3.35. The Kier molecular flexibility index (Phi) is 7.14. The number of rotatable bonds is 7. The second-order valence-electron chi connectivity index (χ2n) is 8.38. The third-order valence-corrected chi connectivity index (χ3v) is 6.17. The predicted molar refractivity (Wildman–Crippen MR) is 131 cm³/mol. The topological polar surface area (TPSA) is 18.0 Å². The smallest absolute Gasteiger partial charge is 0.202 e. The van der Waals surface area contributed by atoms with E-state index in [4.69, 9.17) is 4.74 Å². The zero-order chi connectivity index (χ0) is 21.9. The van der Waals surface area contributed by atoms with Crippen LogP contribution < -0.4 is 26.3 Å². The van der Waals surface area contributed by atoms with Crippen molar-refractivity contribution in [1.82, 2.24) is 4.57 Å². The van der Waals surface area contributed by atoms with Gasteiger partial charge in [-0.05, 0) is 23.3 Å². The first kappa shape index (κ1) is 23.1. The second-order valence-corrected chi connectivity index (χ2v) is 8.38. The summed E-state index contributed by atoms with van der Waals surface area (Å²) in [6, 6.07) is 29.8. The molecule has 0 aliphatic rings. The predicted octanol–water partition coefficient (Wildman–Crippen LogP) is 3.43. The van der Waals surface area contributed by atoms with Gasteiger partial charge in [0.05, 0.1) is 5.52 Å². The highest BCUT2D eigenvalue weighted by atomic mass is 79.9. The third kappa shape index (κ3) is 4.67. The summed E-state index contributed by atoms with van der Waals surface area (Å²) in [4.78, 5) is 0. The third-order valence-electron chi connectivity index (χ3n) is 6.17. The summed E-state index contributed by atoms with van der Waals surface area (Å²) in [5, 5.41) is 2.57. The van der Waals surface area contributed by atoms with Crippen molar-refractivity contribution in [2.75, 3.05) is 0 Å². The number of hydrogen-bond donors (Lipinski definition) is 0. The monoisotopic (exact) mass is 500 g/mol. The van der Waals surface area contributed by atoms with Crippen molar-refractivity contribution >= 4 is 21.8 Å². The molecule has 4 heteroatoms. The molecule has 33 heavy (non-hydrogen) atoms. The van der Waals surface area contributed by atoms with Gasteiger partial charge in [0.15, 0.2) is 6.20 Å². The van der Waals surface area contributed by atoms with Gasteiger partial charge in [-0.2, -0.15) is 0 Å². The molecule has 0 amide bonds. The average molecular weight is 501 g/mol. The Morgan fingerprint density at radius 3 is 2.21 bits per heavy atom. The molecule has 0 aliphatic heterocycles. The first-order valence-corrected chi connectivity index (χ1v) is 11.4. The average Bonchev–Trinajstić information content (AvgIpc) is 3.14. The summed E-state index contributed by atoms with van der Waals surface area (Å²) < 4.78 is 11.0. The fourth-order valence-electron chi connectivity index (χ4n) is 4.57. The zero-order valence-corrected chi connectivity index (χ0v) is 20.8. The number of benzene rings is 3. The Hall–Kier alpha value is -3.11. The quantitative estimate of drug-likeness (QED) is 0.313. The summed E-state index contributed by atoms with van der Waals surface area (Å²) >= 11 is 0. The molecule has 3 nitrogen and oxygen atoms in total. The lowest BCUT2D eigenvalue weighted by Gasteiger charge is -2.10. The number of aromatic nitrogens is 2. The van der Waals surface area contributed by atoms with Crippen molar-refractivity contribution in [3.8, 4) is 5.75 Å². The van der Waals surface area contributed by atoms with E-state index in [1.807, 2.05) is 18.2 Å². The van der Waals surface area contributed by atoms with Gasteiger partial charge in [-0.15, -0.1) is 0 Å². The van der Waals surface area contributed by atoms with Crippen molar-refractivity contribution in [2.24, 2.45) is 0 Å². The van der Waals surface area contributed by atoms with E-state index in [0.29, 0.717) is 6.61 Å². The van der Waals surface area contributed by atoms with Crippen LogP contribution in [0.25, 0.3) is 21.8 Å². The van der Waals surface area contributed by atoms with E-state index in [0.717, 1.165) is 25.3 Å². The molecule has 0 radical (unpaired) electrons. The minimum atomic E-state index is 0. The van der Waals surface area contributed by atoms with Gasteiger partial charge in [0, 0.05) is 42.8 Å². The van der Waals surface area contributed by atoms with E-state index in [1.54, 1.807) is 0 Å². The molecule has 0 N–H and O–H groups in total. The highest BCUT2D eigenvalue weighted by molar-refractivity contribution is 6.08. The number of hydrogen-bond acceptors (Lipinski definition) is 1. The molecule has 3 aromatic carbocycles. The molecule has 0 saturated carbocycles. The summed E-state index contributed by atoms with van der Waals surface area (Å²) in [5.41, 5.74) is 6.30. The van der Waals surface area contributed by atoms with Crippen molar-refractivity contribution in [1.29, 1.82) is 0 Å². The largest absolute Gasteiger partial charge is 1.00 e. The van der Waals surface area contributed by atoms with E-state index in [-0.39, 0.29) is 17.0 Å². The van der Waals surface area contributed by atoms with Gasteiger partial charge in [0.2, 0.25) is 5.69 Å². The van der Waals surface area contributed by atoms with Gasteiger partial charge in [-0.1, -0.05) is 67.6 Å². The van der Waals surface area contributed by atoms with Gasteiger partial charge < -0.3 is 26.3 Å². The number of pyridine rings is 1. The lowest BCUT2D eigenvalue weighted by atomic mass is 10.1. The van der Waals surface area contributed by atoms with E-state index < -0.39 is 0 Å². The van der Waals surface area contributed by atoms with Gasteiger partial charge >= 0.3 is 0 Å². The molecule has 168 valence electrons. The Bertz CT molecular complexity index is 1360. The first-order valence-electron chi connectivity index (χ1n) is 11.4.